The Morgan fingerprint density at radius 2 is 2.06 bits per heavy atom. The second-order valence-electron chi connectivity index (χ2n) is 4.27. The van der Waals surface area contributed by atoms with Crippen LogP contribution in [0.5, 0.6) is 0 Å². The molecule has 1 aliphatic heterocycles. The van der Waals surface area contributed by atoms with Gasteiger partial charge in [0.2, 0.25) is 0 Å². The van der Waals surface area contributed by atoms with Crippen molar-refractivity contribution in [2.75, 3.05) is 12.8 Å². The van der Waals surface area contributed by atoms with Crippen molar-refractivity contribution in [1.82, 2.24) is 4.98 Å². The van der Waals surface area contributed by atoms with Crippen molar-refractivity contribution in [3.05, 3.63) is 41.3 Å². The minimum atomic E-state index is 0.816. The van der Waals surface area contributed by atoms with Crippen LogP contribution >= 0.6 is 11.3 Å². The summed E-state index contributed by atoms with van der Waals surface area (Å²) in [4.78, 5) is 9.99. The standard InChI is InChI=1S/C14H13N3S/c1-8-5-12-14(7-10(8)15)18-13-6-9(16-2)3-4-11(13)17-12/h3-7H,15H2,1-2H3. The van der Waals surface area contributed by atoms with Crippen LogP contribution in [0.1, 0.15) is 5.56 Å². The number of nitrogens with two attached hydrogens (primary N) is 1. The highest BCUT2D eigenvalue weighted by atomic mass is 32.1. The molecule has 0 saturated heterocycles. The highest BCUT2D eigenvalue weighted by molar-refractivity contribution is 7.21. The smallest absolute Gasteiger partial charge is 0.0813 e. The van der Waals surface area contributed by atoms with Crippen LogP contribution in [-0.2, 0) is 0 Å². The molecule has 0 unspecified atom stereocenters. The lowest BCUT2D eigenvalue weighted by Crippen LogP contribution is -2.01. The highest BCUT2D eigenvalue weighted by Crippen LogP contribution is 2.31. The van der Waals surface area contributed by atoms with Gasteiger partial charge in [-0.15, -0.1) is 11.3 Å². The summed E-state index contributed by atoms with van der Waals surface area (Å²) in [5, 5.41) is 0.972. The quantitative estimate of drug-likeness (QED) is 0.496. The second-order valence-corrected chi connectivity index (χ2v) is 5.35. The molecule has 18 heavy (non-hydrogen) atoms. The Hall–Kier alpha value is -1.94. The monoisotopic (exact) mass is 255 g/mol. The SMILES string of the molecule is CN=c1ccc2nc3cc(C)c(N)cc3sc-2c1. The van der Waals surface area contributed by atoms with Crippen LogP contribution in [0.25, 0.3) is 20.8 Å². The summed E-state index contributed by atoms with van der Waals surface area (Å²) in [5.41, 5.74) is 9.84. The normalized spacial score (nSPS) is 12.4. The molecule has 1 heterocycles. The molecule has 3 rings (SSSR count). The summed E-state index contributed by atoms with van der Waals surface area (Å²) in [7, 11) is 1.79. The molecule has 1 aliphatic carbocycles. The van der Waals surface area contributed by atoms with Gasteiger partial charge in [0, 0.05) is 12.7 Å². The maximum absolute atomic E-state index is 5.95. The number of rotatable bonds is 0. The van der Waals surface area contributed by atoms with Crippen molar-refractivity contribution in [2.45, 2.75) is 6.92 Å². The molecule has 2 aliphatic rings. The third-order valence-corrected chi connectivity index (χ3v) is 4.10. The van der Waals surface area contributed by atoms with Crippen LogP contribution in [-0.4, -0.2) is 12.0 Å². The summed E-state index contributed by atoms with van der Waals surface area (Å²) in [6.45, 7) is 2.00. The number of nitrogens with zero attached hydrogens (tertiary/aromatic N) is 2. The molecule has 0 amide bonds. The van der Waals surface area contributed by atoms with E-state index in [4.69, 9.17) is 5.73 Å². The van der Waals surface area contributed by atoms with Gasteiger partial charge in [-0.2, -0.15) is 0 Å². The minimum Gasteiger partial charge on any atom is -0.398 e. The molecule has 1 aromatic rings. The van der Waals surface area contributed by atoms with E-state index < -0.39 is 0 Å². The first-order chi connectivity index (χ1) is 8.67. The van der Waals surface area contributed by atoms with Gasteiger partial charge in [-0.3, -0.25) is 4.99 Å². The molecule has 3 nitrogen and oxygen atoms in total. The maximum atomic E-state index is 5.95. The van der Waals surface area contributed by atoms with Crippen molar-refractivity contribution in [1.29, 1.82) is 0 Å². The molecule has 4 heteroatoms. The van der Waals surface area contributed by atoms with E-state index in [0.29, 0.717) is 0 Å². The second kappa shape index (κ2) is 4.07. The number of aromatic nitrogens is 1. The first-order valence-electron chi connectivity index (χ1n) is 5.71. The van der Waals surface area contributed by atoms with Crippen LogP contribution in [0, 0.1) is 6.92 Å². The summed E-state index contributed by atoms with van der Waals surface area (Å²) in [5.74, 6) is 0. The largest absolute Gasteiger partial charge is 0.398 e. The number of anilines is 1. The van der Waals surface area contributed by atoms with Crippen molar-refractivity contribution >= 4 is 27.2 Å². The summed E-state index contributed by atoms with van der Waals surface area (Å²) >= 11 is 1.70. The Bertz CT molecular complexity index is 774. The van der Waals surface area contributed by atoms with Gasteiger partial charge in [-0.1, -0.05) is 0 Å². The first-order valence-corrected chi connectivity index (χ1v) is 6.52. The third kappa shape index (κ3) is 1.75. The fourth-order valence-electron chi connectivity index (χ4n) is 1.92. The number of hydrogen-bond acceptors (Lipinski definition) is 4. The van der Waals surface area contributed by atoms with Gasteiger partial charge in [0.25, 0.3) is 0 Å². The fraction of sp³-hybridized carbons (Fsp3) is 0.143. The Labute approximate surface area is 109 Å². The van der Waals surface area contributed by atoms with Crippen molar-refractivity contribution in [3.8, 4) is 10.6 Å². The van der Waals surface area contributed by atoms with Gasteiger partial charge in [0.05, 0.1) is 26.1 Å². The van der Waals surface area contributed by atoms with E-state index in [9.17, 15) is 0 Å². The predicted molar refractivity (Wildman–Crippen MR) is 76.9 cm³/mol. The van der Waals surface area contributed by atoms with Crippen LogP contribution < -0.4 is 11.1 Å². The van der Waals surface area contributed by atoms with Crippen molar-refractivity contribution < 1.29 is 0 Å². The average Bonchev–Trinajstić information content (AvgIpc) is 2.37. The lowest BCUT2D eigenvalue weighted by atomic mass is 10.2. The zero-order valence-corrected chi connectivity index (χ0v) is 11.1. The van der Waals surface area contributed by atoms with Crippen LogP contribution in [0.2, 0.25) is 0 Å². The molecule has 1 aromatic carbocycles. The predicted octanol–water partition coefficient (Wildman–Crippen LogP) is 2.82. The van der Waals surface area contributed by atoms with E-state index in [1.807, 2.05) is 31.2 Å². The summed E-state index contributed by atoms with van der Waals surface area (Å²) in [6, 6.07) is 10.1. The number of nitrogen functional groups attached to an aromatic ring is 1. The lowest BCUT2D eigenvalue weighted by Gasteiger charge is -2.08. The van der Waals surface area contributed by atoms with E-state index in [1.54, 1.807) is 18.4 Å². The van der Waals surface area contributed by atoms with Crippen LogP contribution in [0.4, 0.5) is 5.69 Å². The Balaban J connectivity index is 2.41. The highest BCUT2D eigenvalue weighted by Gasteiger charge is 2.08. The first kappa shape index (κ1) is 11.2. The van der Waals surface area contributed by atoms with E-state index in [0.717, 1.165) is 37.4 Å². The Morgan fingerprint density at radius 1 is 1.22 bits per heavy atom. The maximum Gasteiger partial charge on any atom is 0.0813 e. The van der Waals surface area contributed by atoms with Crippen LogP contribution in [0.15, 0.2) is 35.3 Å². The van der Waals surface area contributed by atoms with Gasteiger partial charge in [0.1, 0.15) is 0 Å². The number of benzene rings is 2. The lowest BCUT2D eigenvalue weighted by molar-refractivity contribution is 1.26. The van der Waals surface area contributed by atoms with Crippen molar-refractivity contribution in [3.63, 3.8) is 0 Å². The Morgan fingerprint density at radius 3 is 2.83 bits per heavy atom. The van der Waals surface area contributed by atoms with Crippen LogP contribution in [0.3, 0.4) is 0 Å². The zero-order chi connectivity index (χ0) is 12.7. The zero-order valence-electron chi connectivity index (χ0n) is 10.3. The molecule has 90 valence electrons. The van der Waals surface area contributed by atoms with E-state index in [1.165, 1.54) is 0 Å². The minimum absolute atomic E-state index is 0.816. The molecular formula is C14H13N3S. The topological polar surface area (TPSA) is 51.3 Å². The molecule has 2 N–H and O–H groups in total. The summed E-state index contributed by atoms with van der Waals surface area (Å²) in [6.07, 6.45) is 0. The van der Waals surface area contributed by atoms with E-state index >= 15 is 0 Å². The molecule has 0 spiro atoms. The van der Waals surface area contributed by atoms with Gasteiger partial charge in [0.15, 0.2) is 0 Å². The van der Waals surface area contributed by atoms with E-state index in [2.05, 4.69) is 16.0 Å². The number of aryl methyl sites for hydroxylation is 1. The number of fused-ring (bicyclic) bond motifs is 2. The van der Waals surface area contributed by atoms with Gasteiger partial charge < -0.3 is 5.73 Å². The molecule has 0 bridgehead atoms. The summed E-state index contributed by atoms with van der Waals surface area (Å²) < 4.78 is 1.11. The van der Waals surface area contributed by atoms with E-state index in [-0.39, 0.29) is 0 Å². The molecule has 0 saturated carbocycles. The molecule has 0 radical (unpaired) electrons. The molecular weight excluding hydrogens is 242 g/mol. The molecule has 0 fully saturated rings. The van der Waals surface area contributed by atoms with Gasteiger partial charge >= 0.3 is 0 Å². The van der Waals surface area contributed by atoms with Crippen molar-refractivity contribution in [2.24, 2.45) is 4.99 Å². The average molecular weight is 255 g/mol. The fourth-order valence-corrected chi connectivity index (χ4v) is 2.95. The van der Waals surface area contributed by atoms with Gasteiger partial charge in [-0.25, -0.2) is 4.98 Å². The molecule has 0 aromatic heterocycles. The third-order valence-electron chi connectivity index (χ3n) is 3.01. The Kier molecular flexibility index (Phi) is 2.52. The number of hydrogen-bond donors (Lipinski definition) is 1. The molecule has 0 atom stereocenters. The van der Waals surface area contributed by atoms with Gasteiger partial charge in [-0.05, 0) is 42.8 Å².